The molecule has 2 aliphatic carbocycles. The molecule has 0 unspecified atom stereocenters. The van der Waals surface area contributed by atoms with Crippen molar-refractivity contribution in [2.45, 2.75) is 111 Å². The number of ether oxygens (including phenoxy) is 3. The first-order valence-corrected chi connectivity index (χ1v) is 26.7. The third-order valence-corrected chi connectivity index (χ3v) is 14.6. The molecular formula is C49H76N8O12S2. The summed E-state index contributed by atoms with van der Waals surface area (Å²) in [5.41, 5.74) is 3.34. The first-order chi connectivity index (χ1) is 33.4. The van der Waals surface area contributed by atoms with Gasteiger partial charge in [0.1, 0.15) is 26.5 Å². The lowest BCUT2D eigenvalue weighted by atomic mass is 10.2. The van der Waals surface area contributed by atoms with E-state index in [1.807, 2.05) is 14.1 Å². The van der Waals surface area contributed by atoms with Gasteiger partial charge in [0.2, 0.25) is 0 Å². The summed E-state index contributed by atoms with van der Waals surface area (Å²) in [7, 11) is -1.57. The van der Waals surface area contributed by atoms with Crippen LogP contribution in [0.15, 0.2) is 83.6 Å². The van der Waals surface area contributed by atoms with Gasteiger partial charge >= 0.3 is 18.0 Å². The van der Waals surface area contributed by atoms with E-state index in [9.17, 15) is 40.8 Å². The van der Waals surface area contributed by atoms with Crippen molar-refractivity contribution in [1.82, 2.24) is 24.6 Å². The first kappa shape index (κ1) is 59.8. The van der Waals surface area contributed by atoms with E-state index in [1.165, 1.54) is 32.4 Å². The number of nitrogens with zero attached hydrogens (tertiary/aromatic N) is 2. The number of unbranched alkanes of at least 4 members (excludes halogenated alkanes) is 2. The second-order valence-electron chi connectivity index (χ2n) is 18.8. The smallest absolute Gasteiger partial charge is 0.408 e. The maximum atomic E-state index is 13.2. The molecule has 2 aromatic carbocycles. The van der Waals surface area contributed by atoms with Crippen molar-refractivity contribution in [3.8, 4) is 0 Å². The maximum absolute atomic E-state index is 13.2. The molecule has 0 bridgehead atoms. The minimum atomic E-state index is -4.25. The second-order valence-corrected chi connectivity index (χ2v) is 22.1. The molecule has 2 fully saturated rings. The monoisotopic (exact) mass is 1030 g/mol. The minimum Gasteiger partial charge on any atom is -0.469 e. The molecule has 4 atom stereocenters. The van der Waals surface area contributed by atoms with Gasteiger partial charge in [0.25, 0.3) is 31.9 Å². The van der Waals surface area contributed by atoms with Crippen LogP contribution in [0.2, 0.25) is 0 Å². The molecule has 0 saturated heterocycles. The molecular weight excluding hydrogens is 957 g/mol. The number of methoxy groups -OCH3 is 2. The Kier molecular flexibility index (Phi) is 23.0. The molecule has 0 aliphatic heterocycles. The van der Waals surface area contributed by atoms with Crippen LogP contribution in [0.5, 0.6) is 0 Å². The quantitative estimate of drug-likeness (QED) is 0.0283. The Morgan fingerprint density at radius 1 is 0.676 bits per heavy atom. The molecule has 396 valence electrons. The van der Waals surface area contributed by atoms with Crippen LogP contribution < -0.4 is 31.1 Å². The number of para-hydroxylation sites is 2. The summed E-state index contributed by atoms with van der Waals surface area (Å²) < 4.78 is 70.8. The molecule has 0 radical (unpaired) electrons. The normalized spacial score (nSPS) is 19.2. The topological polar surface area (TPSA) is 274 Å². The number of nitrogens with two attached hydrogens (primary N) is 1. The lowest BCUT2D eigenvalue weighted by Gasteiger charge is -2.24. The zero-order valence-corrected chi connectivity index (χ0v) is 44.0. The molecule has 71 heavy (non-hydrogen) atoms. The summed E-state index contributed by atoms with van der Waals surface area (Å²) in [6.45, 7) is 16.8. The molecule has 2 aliphatic rings. The van der Waals surface area contributed by atoms with E-state index in [1.54, 1.807) is 63.2 Å². The SMILES string of the molecule is C=C[C@@H]1C[C@]1(N)C(=O)NS(=O)(=O)c1ccccc1NCCCCN(C)CCCC(=O)OC.C=C[C@@H]1C[C@]1(NC(=O)OC(C)(C)C)C(=O)NS(=O)(=O)c1ccccc1NCCCCN(C)CCCC(=O)OC. The Bertz CT molecular complexity index is 2380. The Labute approximate surface area is 420 Å². The molecule has 20 nitrogen and oxygen atoms in total. The number of benzene rings is 2. The van der Waals surface area contributed by atoms with Crippen LogP contribution >= 0.6 is 0 Å². The zero-order valence-electron chi connectivity index (χ0n) is 42.3. The van der Waals surface area contributed by atoms with Gasteiger partial charge < -0.3 is 45.7 Å². The number of nitrogens with one attached hydrogen (secondary N) is 5. The zero-order chi connectivity index (χ0) is 53.0. The predicted octanol–water partition coefficient (Wildman–Crippen LogP) is 4.51. The van der Waals surface area contributed by atoms with E-state index in [4.69, 9.17) is 10.5 Å². The van der Waals surface area contributed by atoms with Gasteiger partial charge in [-0.2, -0.15) is 0 Å². The van der Waals surface area contributed by atoms with Crippen LogP contribution in [0, 0.1) is 11.8 Å². The fraction of sp³-hybridized carbons (Fsp3) is 0.571. The number of carbonyl (C=O) groups excluding carboxylic acids is 5. The minimum absolute atomic E-state index is 0.00711. The van der Waals surface area contributed by atoms with Crippen molar-refractivity contribution in [1.29, 1.82) is 0 Å². The van der Waals surface area contributed by atoms with E-state index >= 15 is 0 Å². The molecule has 3 amide bonds. The highest BCUT2D eigenvalue weighted by atomic mass is 32.2. The van der Waals surface area contributed by atoms with Gasteiger partial charge in [0.15, 0.2) is 0 Å². The van der Waals surface area contributed by atoms with E-state index in [2.05, 4.69) is 57.8 Å². The molecule has 22 heteroatoms. The van der Waals surface area contributed by atoms with Crippen molar-refractivity contribution >= 4 is 61.3 Å². The van der Waals surface area contributed by atoms with Gasteiger partial charge in [-0.05, 0) is 137 Å². The number of anilines is 2. The first-order valence-electron chi connectivity index (χ1n) is 23.7. The summed E-state index contributed by atoms with van der Waals surface area (Å²) >= 11 is 0. The van der Waals surface area contributed by atoms with E-state index in [0.29, 0.717) is 43.7 Å². The van der Waals surface area contributed by atoms with Crippen LogP contribution in [0.25, 0.3) is 0 Å². The molecule has 0 aromatic heterocycles. The van der Waals surface area contributed by atoms with Crippen molar-refractivity contribution < 1.29 is 55.0 Å². The molecule has 2 saturated carbocycles. The van der Waals surface area contributed by atoms with Crippen LogP contribution in [0.3, 0.4) is 0 Å². The highest BCUT2D eigenvalue weighted by Crippen LogP contribution is 2.45. The summed E-state index contributed by atoms with van der Waals surface area (Å²) in [4.78, 5) is 64.4. The number of rotatable bonds is 29. The van der Waals surface area contributed by atoms with E-state index in [-0.39, 0.29) is 34.1 Å². The van der Waals surface area contributed by atoms with Gasteiger partial charge in [0.05, 0.1) is 25.6 Å². The largest absolute Gasteiger partial charge is 0.469 e. The third kappa shape index (κ3) is 19.2. The van der Waals surface area contributed by atoms with Gasteiger partial charge in [-0.1, -0.05) is 36.4 Å². The number of esters is 2. The molecule has 0 spiro atoms. The summed E-state index contributed by atoms with van der Waals surface area (Å²) in [5.74, 6) is -2.62. The number of hydrogen-bond donors (Lipinski definition) is 6. The fourth-order valence-electron chi connectivity index (χ4n) is 7.49. The number of amides is 3. The number of hydrogen-bond acceptors (Lipinski definition) is 17. The standard InChI is InChI=1S/C27H42N4O7S.C22H34N4O5S/c1-7-20-19-27(20,29-25(34)38-26(2,3)4)24(33)30-39(35,36)22-14-9-8-13-21(22)28-16-10-11-17-31(5)18-12-15-23(32)37-6;1-4-17-16-22(17,23)21(28)25-32(29,30)19-11-6-5-10-18(19)24-13-7-8-14-26(2)15-9-12-20(27)31-3/h7-9,13-14,20,28H,1,10-12,15-19H2,2-6H3,(H,29,34)(H,30,33);4-6,10-11,17,24H,1,7-9,12-16,23H2,2-3H3,(H,25,28)/t20-,27-;17-,22-/m11/s1. The average molecular weight is 1030 g/mol. The average Bonchev–Trinajstić information content (AvgIpc) is 4.22. The van der Waals surface area contributed by atoms with E-state index in [0.717, 1.165) is 64.7 Å². The number of carbonyl (C=O) groups is 5. The van der Waals surface area contributed by atoms with Gasteiger partial charge in [-0.15, -0.1) is 13.2 Å². The fourth-order valence-corrected chi connectivity index (χ4v) is 9.94. The van der Waals surface area contributed by atoms with Gasteiger partial charge in [0, 0.05) is 37.8 Å². The molecule has 0 heterocycles. The lowest BCUT2D eigenvalue weighted by molar-refractivity contribution is -0.141. The second kappa shape index (κ2) is 27.3. The Morgan fingerprint density at radius 3 is 1.49 bits per heavy atom. The van der Waals surface area contributed by atoms with Gasteiger partial charge in [-0.25, -0.2) is 31.1 Å². The van der Waals surface area contributed by atoms with Crippen molar-refractivity contribution in [3.05, 3.63) is 73.8 Å². The van der Waals surface area contributed by atoms with Crippen LogP contribution in [-0.4, -0.2) is 141 Å². The Hall–Kier alpha value is -5.55. The van der Waals surface area contributed by atoms with Gasteiger partial charge in [-0.3, -0.25) is 19.2 Å². The van der Waals surface area contributed by atoms with E-state index < -0.39 is 60.6 Å². The van der Waals surface area contributed by atoms with Crippen LogP contribution in [-0.2, 0) is 53.4 Å². The highest BCUT2D eigenvalue weighted by Gasteiger charge is 2.61. The Balaban J connectivity index is 0.000000383. The highest BCUT2D eigenvalue weighted by molar-refractivity contribution is 7.90. The number of sulfonamides is 2. The predicted molar refractivity (Wildman–Crippen MR) is 272 cm³/mol. The number of alkyl carbamates (subject to hydrolysis) is 1. The van der Waals surface area contributed by atoms with Crippen molar-refractivity contribution in [2.24, 2.45) is 17.6 Å². The summed E-state index contributed by atoms with van der Waals surface area (Å²) in [6.07, 6.45) is 8.52. The van der Waals surface area contributed by atoms with Crippen molar-refractivity contribution in [2.75, 3.05) is 78.2 Å². The third-order valence-electron chi connectivity index (χ3n) is 11.9. The van der Waals surface area contributed by atoms with Crippen LogP contribution in [0.1, 0.15) is 85.0 Å². The summed E-state index contributed by atoms with van der Waals surface area (Å²) in [6, 6.07) is 12.8. The summed E-state index contributed by atoms with van der Waals surface area (Å²) in [5, 5.41) is 8.84. The maximum Gasteiger partial charge on any atom is 0.408 e. The molecule has 2 aromatic rings. The Morgan fingerprint density at radius 2 is 1.10 bits per heavy atom. The lowest BCUT2D eigenvalue weighted by Crippen LogP contribution is -2.52. The molecule has 4 rings (SSSR count). The van der Waals surface area contributed by atoms with Crippen LogP contribution in [0.4, 0.5) is 16.2 Å². The van der Waals surface area contributed by atoms with Crippen molar-refractivity contribution in [3.63, 3.8) is 0 Å². The molecule has 7 N–H and O–H groups in total.